The lowest BCUT2D eigenvalue weighted by Gasteiger charge is -2.41. The van der Waals surface area contributed by atoms with E-state index in [4.69, 9.17) is 11.6 Å². The van der Waals surface area contributed by atoms with Crippen molar-refractivity contribution in [2.45, 2.75) is 38.1 Å². The quantitative estimate of drug-likeness (QED) is 0.839. The van der Waals surface area contributed by atoms with Crippen molar-refractivity contribution in [2.24, 2.45) is 5.92 Å². The summed E-state index contributed by atoms with van der Waals surface area (Å²) in [5.74, 6) is -0.721. The molecule has 1 saturated heterocycles. The summed E-state index contributed by atoms with van der Waals surface area (Å²) >= 11 is 5.94. The first-order chi connectivity index (χ1) is 10.7. The van der Waals surface area contributed by atoms with Crippen LogP contribution in [0.1, 0.15) is 43.7 Å². The van der Waals surface area contributed by atoms with Gasteiger partial charge in [0.1, 0.15) is 11.6 Å². The normalized spacial score (nSPS) is 22.7. The fourth-order valence-corrected chi connectivity index (χ4v) is 4.11. The first kappa shape index (κ1) is 16.2. The molecule has 122 valence electrons. The molecule has 1 aliphatic carbocycles. The van der Waals surface area contributed by atoms with E-state index in [-0.39, 0.29) is 16.6 Å². The van der Waals surface area contributed by atoms with Crippen molar-refractivity contribution in [3.63, 3.8) is 0 Å². The predicted octanol–water partition coefficient (Wildman–Crippen LogP) is 4.14. The molecule has 22 heavy (non-hydrogen) atoms. The molecule has 0 bridgehead atoms. The lowest BCUT2D eigenvalue weighted by Crippen LogP contribution is -2.47. The fraction of sp³-hybridized carbons (Fsp3) is 0.647. The fourth-order valence-electron chi connectivity index (χ4n) is 3.94. The maximum Gasteiger partial charge on any atom is 0.149 e. The molecule has 1 saturated carbocycles. The average molecular weight is 329 g/mol. The molecule has 0 unspecified atom stereocenters. The minimum atomic E-state index is -0.573. The van der Waals surface area contributed by atoms with Crippen molar-refractivity contribution in [3.05, 3.63) is 34.4 Å². The van der Waals surface area contributed by atoms with Gasteiger partial charge in [0.15, 0.2) is 0 Å². The summed E-state index contributed by atoms with van der Waals surface area (Å²) in [5.41, 5.74) is 0.182. The Hall–Kier alpha value is -0.710. The molecule has 1 N–H and O–H groups in total. The van der Waals surface area contributed by atoms with Crippen LogP contribution < -0.4 is 5.32 Å². The van der Waals surface area contributed by atoms with Crippen molar-refractivity contribution in [1.82, 2.24) is 10.2 Å². The van der Waals surface area contributed by atoms with E-state index < -0.39 is 11.6 Å². The van der Waals surface area contributed by atoms with Crippen LogP contribution in [0.5, 0.6) is 0 Å². The summed E-state index contributed by atoms with van der Waals surface area (Å²) in [5, 5.41) is 3.33. The Kier molecular flexibility index (Phi) is 5.32. The summed E-state index contributed by atoms with van der Waals surface area (Å²) in [6.07, 6.45) is 5.61. The summed E-state index contributed by atoms with van der Waals surface area (Å²) < 4.78 is 29.1. The monoisotopic (exact) mass is 328 g/mol. The molecule has 2 aliphatic rings. The second-order valence-electron chi connectivity index (χ2n) is 6.39. The van der Waals surface area contributed by atoms with E-state index in [0.717, 1.165) is 51.9 Å². The molecule has 5 heteroatoms. The zero-order valence-corrected chi connectivity index (χ0v) is 13.5. The maximum atomic E-state index is 14.6. The number of halogens is 3. The molecule has 1 heterocycles. The highest BCUT2D eigenvalue weighted by atomic mass is 35.5. The highest BCUT2D eigenvalue weighted by Gasteiger charge is 2.35. The van der Waals surface area contributed by atoms with Crippen LogP contribution in [-0.4, -0.2) is 31.1 Å². The van der Waals surface area contributed by atoms with E-state index in [1.165, 1.54) is 18.6 Å². The molecule has 1 aromatic carbocycles. The predicted molar refractivity (Wildman–Crippen MR) is 85.1 cm³/mol. The van der Waals surface area contributed by atoms with Crippen LogP contribution in [0.4, 0.5) is 8.78 Å². The number of hydrogen-bond acceptors (Lipinski definition) is 2. The second-order valence-corrected chi connectivity index (χ2v) is 6.79. The lowest BCUT2D eigenvalue weighted by molar-refractivity contribution is 0.0976. The molecule has 0 radical (unpaired) electrons. The summed E-state index contributed by atoms with van der Waals surface area (Å²) in [4.78, 5) is 2.24. The van der Waals surface area contributed by atoms with Gasteiger partial charge in [-0.1, -0.05) is 30.9 Å². The maximum absolute atomic E-state index is 14.6. The Morgan fingerprint density at radius 1 is 1.09 bits per heavy atom. The van der Waals surface area contributed by atoms with Crippen LogP contribution in [0, 0.1) is 17.6 Å². The zero-order chi connectivity index (χ0) is 15.5. The van der Waals surface area contributed by atoms with Gasteiger partial charge in [0, 0.05) is 37.8 Å². The van der Waals surface area contributed by atoms with Gasteiger partial charge in [0.25, 0.3) is 0 Å². The van der Waals surface area contributed by atoms with Crippen molar-refractivity contribution < 1.29 is 8.78 Å². The van der Waals surface area contributed by atoms with Gasteiger partial charge in [-0.25, -0.2) is 8.78 Å². The van der Waals surface area contributed by atoms with Gasteiger partial charge in [-0.05, 0) is 30.9 Å². The van der Waals surface area contributed by atoms with Gasteiger partial charge in [0.2, 0.25) is 0 Å². The van der Waals surface area contributed by atoms with Crippen LogP contribution in [0.15, 0.2) is 12.1 Å². The topological polar surface area (TPSA) is 15.3 Å². The van der Waals surface area contributed by atoms with Crippen LogP contribution in [0.3, 0.4) is 0 Å². The molecular formula is C17H23ClF2N2. The van der Waals surface area contributed by atoms with Crippen LogP contribution in [0.2, 0.25) is 5.02 Å². The van der Waals surface area contributed by atoms with Crippen LogP contribution in [0.25, 0.3) is 0 Å². The van der Waals surface area contributed by atoms with Gasteiger partial charge in [-0.3, -0.25) is 4.90 Å². The largest absolute Gasteiger partial charge is 0.314 e. The summed E-state index contributed by atoms with van der Waals surface area (Å²) in [6, 6.07) is 2.42. The molecule has 1 atom stereocenters. The Labute approximate surface area is 135 Å². The number of piperazine rings is 1. The van der Waals surface area contributed by atoms with Crippen LogP contribution >= 0.6 is 11.6 Å². The molecule has 3 rings (SSSR count). The third-order valence-electron chi connectivity index (χ3n) is 5.02. The molecule has 2 nitrogen and oxygen atoms in total. The van der Waals surface area contributed by atoms with E-state index in [9.17, 15) is 8.78 Å². The van der Waals surface area contributed by atoms with Gasteiger partial charge in [0.05, 0.1) is 5.02 Å². The Balaban J connectivity index is 1.98. The van der Waals surface area contributed by atoms with Crippen molar-refractivity contribution in [3.8, 4) is 0 Å². The van der Waals surface area contributed by atoms with Crippen molar-refractivity contribution in [1.29, 1.82) is 0 Å². The number of rotatable bonds is 3. The standard InChI is InChI=1S/C17H23ClF2N2/c18-13-6-7-14(19)15(16(13)20)17(12-4-2-1-3-5-12)22-10-8-21-9-11-22/h6-7,12,17,21H,1-5,8-11H2/t17-/m0/s1. The molecule has 0 aromatic heterocycles. The first-order valence-corrected chi connectivity index (χ1v) is 8.64. The molecule has 0 spiro atoms. The van der Waals surface area contributed by atoms with E-state index in [2.05, 4.69) is 10.2 Å². The van der Waals surface area contributed by atoms with E-state index in [1.54, 1.807) is 0 Å². The first-order valence-electron chi connectivity index (χ1n) is 8.26. The van der Waals surface area contributed by atoms with E-state index >= 15 is 0 Å². The van der Waals surface area contributed by atoms with E-state index in [0.29, 0.717) is 5.92 Å². The third kappa shape index (κ3) is 3.29. The van der Waals surface area contributed by atoms with Gasteiger partial charge in [-0.2, -0.15) is 0 Å². The smallest absolute Gasteiger partial charge is 0.149 e. The molecular weight excluding hydrogens is 306 g/mol. The minimum absolute atomic E-state index is 0.0207. The Morgan fingerprint density at radius 2 is 1.77 bits per heavy atom. The van der Waals surface area contributed by atoms with Gasteiger partial charge in [-0.15, -0.1) is 0 Å². The van der Waals surface area contributed by atoms with Gasteiger partial charge >= 0.3 is 0 Å². The molecule has 1 aliphatic heterocycles. The van der Waals surface area contributed by atoms with Crippen molar-refractivity contribution >= 4 is 11.6 Å². The lowest BCUT2D eigenvalue weighted by atomic mass is 9.79. The zero-order valence-electron chi connectivity index (χ0n) is 12.8. The highest BCUT2D eigenvalue weighted by Crippen LogP contribution is 2.41. The number of nitrogens with one attached hydrogen (secondary N) is 1. The summed E-state index contributed by atoms with van der Waals surface area (Å²) in [7, 11) is 0. The van der Waals surface area contributed by atoms with Gasteiger partial charge < -0.3 is 5.32 Å². The highest BCUT2D eigenvalue weighted by molar-refractivity contribution is 6.30. The molecule has 0 amide bonds. The number of hydrogen-bond donors (Lipinski definition) is 1. The molecule has 2 fully saturated rings. The van der Waals surface area contributed by atoms with Crippen LogP contribution in [-0.2, 0) is 0 Å². The Bertz CT molecular complexity index is 494. The number of nitrogens with zero attached hydrogens (tertiary/aromatic N) is 1. The summed E-state index contributed by atoms with van der Waals surface area (Å²) in [6.45, 7) is 3.39. The Morgan fingerprint density at radius 3 is 2.45 bits per heavy atom. The van der Waals surface area contributed by atoms with E-state index in [1.807, 2.05) is 0 Å². The average Bonchev–Trinajstić information content (AvgIpc) is 2.57. The van der Waals surface area contributed by atoms with Crippen molar-refractivity contribution in [2.75, 3.05) is 26.2 Å². The molecule has 1 aromatic rings. The SMILES string of the molecule is Fc1ccc(Cl)c(F)c1[C@H](C1CCCCC1)N1CCNCC1. The second kappa shape index (κ2) is 7.24. The minimum Gasteiger partial charge on any atom is -0.314 e. The third-order valence-corrected chi connectivity index (χ3v) is 5.31. The number of benzene rings is 1.